The van der Waals surface area contributed by atoms with Crippen LogP contribution < -0.4 is 10.6 Å². The van der Waals surface area contributed by atoms with Gasteiger partial charge in [-0.2, -0.15) is 0 Å². The number of carbonyl (C=O) groups excluding carboxylic acids is 2. The second-order valence-electron chi connectivity index (χ2n) is 6.43. The van der Waals surface area contributed by atoms with Gasteiger partial charge in [-0.3, -0.25) is 4.79 Å². The summed E-state index contributed by atoms with van der Waals surface area (Å²) in [6.07, 6.45) is 3.08. The molecule has 0 aliphatic carbocycles. The van der Waals surface area contributed by atoms with Crippen molar-refractivity contribution in [3.63, 3.8) is 0 Å². The van der Waals surface area contributed by atoms with Crippen LogP contribution in [0.3, 0.4) is 0 Å². The number of benzene rings is 1. The molecule has 2 aromatic heterocycles. The standard InChI is InChI=1S/C18H19N7O2/c26-17(13-6-11-25-16(12-13)21-22-23-25)19-15-7-9-24(10-8-15)18(27)20-14-4-2-1-3-5-14/h1-6,11-12,15H,7-10H2,(H,19,26)(H,20,27). The zero-order valence-corrected chi connectivity index (χ0v) is 14.6. The van der Waals surface area contributed by atoms with E-state index in [-0.39, 0.29) is 18.0 Å². The van der Waals surface area contributed by atoms with Crippen LogP contribution in [0.25, 0.3) is 5.65 Å². The Hall–Kier alpha value is -3.49. The summed E-state index contributed by atoms with van der Waals surface area (Å²) in [5, 5.41) is 17.1. The van der Waals surface area contributed by atoms with Gasteiger partial charge in [0.25, 0.3) is 5.91 Å². The molecule has 1 aliphatic rings. The van der Waals surface area contributed by atoms with E-state index in [1.54, 1.807) is 23.2 Å². The number of hydrogen-bond donors (Lipinski definition) is 2. The number of piperidine rings is 1. The number of rotatable bonds is 3. The first-order valence-electron chi connectivity index (χ1n) is 8.78. The third-order valence-electron chi connectivity index (χ3n) is 4.60. The average Bonchev–Trinajstić information content (AvgIpc) is 3.17. The number of anilines is 1. The van der Waals surface area contributed by atoms with Crippen LogP contribution in [0.1, 0.15) is 23.2 Å². The highest BCUT2D eigenvalue weighted by atomic mass is 16.2. The number of amides is 3. The van der Waals surface area contributed by atoms with Crippen molar-refractivity contribution in [2.45, 2.75) is 18.9 Å². The van der Waals surface area contributed by atoms with Gasteiger partial charge in [0, 0.05) is 36.6 Å². The van der Waals surface area contributed by atoms with Gasteiger partial charge in [-0.1, -0.05) is 18.2 Å². The fraction of sp³-hybridized carbons (Fsp3) is 0.278. The molecule has 3 aromatic rings. The van der Waals surface area contributed by atoms with Crippen molar-refractivity contribution in [2.75, 3.05) is 18.4 Å². The van der Waals surface area contributed by atoms with E-state index in [1.165, 1.54) is 4.52 Å². The van der Waals surface area contributed by atoms with Crippen molar-refractivity contribution in [2.24, 2.45) is 0 Å². The van der Waals surface area contributed by atoms with Gasteiger partial charge in [0.15, 0.2) is 5.65 Å². The van der Waals surface area contributed by atoms with E-state index in [1.807, 2.05) is 30.3 Å². The molecule has 0 bridgehead atoms. The molecule has 2 N–H and O–H groups in total. The van der Waals surface area contributed by atoms with E-state index >= 15 is 0 Å². The van der Waals surface area contributed by atoms with Crippen LogP contribution in [-0.4, -0.2) is 56.0 Å². The highest BCUT2D eigenvalue weighted by Crippen LogP contribution is 2.14. The summed E-state index contributed by atoms with van der Waals surface area (Å²) in [5.41, 5.74) is 1.81. The lowest BCUT2D eigenvalue weighted by Gasteiger charge is -2.32. The predicted molar refractivity (Wildman–Crippen MR) is 98.3 cm³/mol. The first-order chi connectivity index (χ1) is 13.2. The lowest BCUT2D eigenvalue weighted by molar-refractivity contribution is 0.0919. The number of likely N-dealkylation sites (tertiary alicyclic amines) is 1. The number of aromatic nitrogens is 4. The summed E-state index contributed by atoms with van der Waals surface area (Å²) in [4.78, 5) is 26.5. The van der Waals surface area contributed by atoms with Gasteiger partial charge < -0.3 is 15.5 Å². The second-order valence-corrected chi connectivity index (χ2v) is 6.43. The van der Waals surface area contributed by atoms with Crippen molar-refractivity contribution in [3.8, 4) is 0 Å². The number of pyridine rings is 1. The fourth-order valence-corrected chi connectivity index (χ4v) is 3.10. The Morgan fingerprint density at radius 1 is 1.07 bits per heavy atom. The minimum Gasteiger partial charge on any atom is -0.349 e. The maximum absolute atomic E-state index is 12.5. The lowest BCUT2D eigenvalue weighted by Crippen LogP contribution is -2.47. The van der Waals surface area contributed by atoms with Crippen molar-refractivity contribution in [1.29, 1.82) is 0 Å². The summed E-state index contributed by atoms with van der Waals surface area (Å²) in [6.45, 7) is 1.19. The molecular formula is C18H19N7O2. The molecule has 1 aromatic carbocycles. The van der Waals surface area contributed by atoms with Gasteiger partial charge in [-0.25, -0.2) is 9.31 Å². The number of hydrogen-bond acceptors (Lipinski definition) is 5. The molecule has 1 aliphatic heterocycles. The number of para-hydroxylation sites is 1. The second kappa shape index (κ2) is 7.40. The number of fused-ring (bicyclic) bond motifs is 1. The molecule has 0 unspecified atom stereocenters. The molecule has 138 valence electrons. The summed E-state index contributed by atoms with van der Waals surface area (Å²) in [5.74, 6) is -0.160. The van der Waals surface area contributed by atoms with Gasteiger partial charge in [-0.05, 0) is 47.5 Å². The largest absolute Gasteiger partial charge is 0.349 e. The van der Waals surface area contributed by atoms with Crippen LogP contribution in [0.5, 0.6) is 0 Å². The number of urea groups is 1. The molecule has 1 saturated heterocycles. The average molecular weight is 365 g/mol. The molecule has 3 heterocycles. The Balaban J connectivity index is 1.30. The van der Waals surface area contributed by atoms with Crippen molar-refractivity contribution in [1.82, 2.24) is 30.3 Å². The zero-order chi connectivity index (χ0) is 18.6. The molecule has 0 radical (unpaired) electrons. The highest BCUT2D eigenvalue weighted by molar-refractivity contribution is 5.95. The maximum Gasteiger partial charge on any atom is 0.321 e. The van der Waals surface area contributed by atoms with E-state index in [0.29, 0.717) is 37.1 Å². The Bertz CT molecular complexity index is 949. The van der Waals surface area contributed by atoms with Crippen LogP contribution in [0.15, 0.2) is 48.7 Å². The third kappa shape index (κ3) is 3.86. The minimum atomic E-state index is -0.160. The molecule has 27 heavy (non-hydrogen) atoms. The monoisotopic (exact) mass is 365 g/mol. The normalized spacial score (nSPS) is 14.9. The predicted octanol–water partition coefficient (Wildman–Crippen LogP) is 1.55. The van der Waals surface area contributed by atoms with Crippen molar-refractivity contribution < 1.29 is 9.59 Å². The zero-order valence-electron chi connectivity index (χ0n) is 14.6. The van der Waals surface area contributed by atoms with Gasteiger partial charge in [0.05, 0.1) is 0 Å². The van der Waals surface area contributed by atoms with Crippen molar-refractivity contribution in [3.05, 3.63) is 54.2 Å². The molecule has 0 saturated carbocycles. The summed E-state index contributed by atoms with van der Waals surface area (Å²) in [7, 11) is 0. The number of nitrogens with one attached hydrogen (secondary N) is 2. The van der Waals surface area contributed by atoms with E-state index in [9.17, 15) is 9.59 Å². The Kier molecular flexibility index (Phi) is 4.65. The van der Waals surface area contributed by atoms with Gasteiger partial charge >= 0.3 is 6.03 Å². The summed E-state index contributed by atoms with van der Waals surface area (Å²) < 4.78 is 1.50. The molecule has 9 heteroatoms. The van der Waals surface area contributed by atoms with Crippen molar-refractivity contribution >= 4 is 23.3 Å². The molecule has 3 amide bonds. The van der Waals surface area contributed by atoms with Crippen LogP contribution >= 0.6 is 0 Å². The van der Waals surface area contributed by atoms with Gasteiger partial charge in [0.1, 0.15) is 0 Å². The Morgan fingerprint density at radius 3 is 2.63 bits per heavy atom. The summed E-state index contributed by atoms with van der Waals surface area (Å²) in [6, 6.07) is 12.6. The van der Waals surface area contributed by atoms with E-state index < -0.39 is 0 Å². The smallest absolute Gasteiger partial charge is 0.321 e. The molecule has 1 fully saturated rings. The van der Waals surface area contributed by atoms with Crippen LogP contribution in [0, 0.1) is 0 Å². The van der Waals surface area contributed by atoms with Gasteiger partial charge in [0.2, 0.25) is 0 Å². The Morgan fingerprint density at radius 2 is 1.85 bits per heavy atom. The molecule has 9 nitrogen and oxygen atoms in total. The number of carbonyl (C=O) groups is 2. The molecule has 0 spiro atoms. The van der Waals surface area contributed by atoms with Crippen LogP contribution in [0.4, 0.5) is 10.5 Å². The van der Waals surface area contributed by atoms with Gasteiger partial charge in [-0.15, -0.1) is 5.10 Å². The fourth-order valence-electron chi connectivity index (χ4n) is 3.10. The van der Waals surface area contributed by atoms with E-state index in [2.05, 4.69) is 26.2 Å². The topological polar surface area (TPSA) is 105 Å². The minimum absolute atomic E-state index is 0.0329. The quantitative estimate of drug-likeness (QED) is 0.733. The maximum atomic E-state index is 12.5. The first kappa shape index (κ1) is 17.0. The first-order valence-corrected chi connectivity index (χ1v) is 8.78. The highest BCUT2D eigenvalue weighted by Gasteiger charge is 2.24. The lowest BCUT2D eigenvalue weighted by atomic mass is 10.0. The van der Waals surface area contributed by atoms with E-state index in [0.717, 1.165) is 5.69 Å². The van der Waals surface area contributed by atoms with Crippen LogP contribution in [0.2, 0.25) is 0 Å². The number of tetrazole rings is 1. The molecule has 0 atom stereocenters. The summed E-state index contributed by atoms with van der Waals surface area (Å²) >= 11 is 0. The third-order valence-corrected chi connectivity index (χ3v) is 4.60. The van der Waals surface area contributed by atoms with Crippen LogP contribution in [-0.2, 0) is 0 Å². The molecular weight excluding hydrogens is 346 g/mol. The molecule has 4 rings (SSSR count). The SMILES string of the molecule is O=C(NC1CCN(C(=O)Nc2ccccc2)CC1)c1ccn2nnnc2c1. The number of nitrogens with zero attached hydrogens (tertiary/aromatic N) is 5. The van der Waals surface area contributed by atoms with E-state index in [4.69, 9.17) is 0 Å². The Labute approximate surface area is 155 Å².